The van der Waals surface area contributed by atoms with Gasteiger partial charge in [0.05, 0.1) is 25.2 Å². The first kappa shape index (κ1) is 36.5. The van der Waals surface area contributed by atoms with Gasteiger partial charge in [-0.05, 0) is 51.3 Å². The lowest BCUT2D eigenvalue weighted by molar-refractivity contribution is -0.438. The predicted octanol–water partition coefficient (Wildman–Crippen LogP) is 7.40. The van der Waals surface area contributed by atoms with Crippen molar-refractivity contribution in [2.24, 2.45) is 0 Å². The number of ether oxygens (including phenoxy) is 1. The summed E-state index contributed by atoms with van der Waals surface area (Å²) in [6.45, 7) is 15.4. The van der Waals surface area contributed by atoms with Gasteiger partial charge in [0.25, 0.3) is 0 Å². The Bertz CT molecular complexity index is 1570. The van der Waals surface area contributed by atoms with Crippen LogP contribution in [-0.4, -0.2) is 67.2 Å². The molecule has 0 saturated heterocycles. The molecule has 1 amide bonds. The third kappa shape index (κ3) is 9.20. The van der Waals surface area contributed by atoms with Crippen molar-refractivity contribution in [3.05, 3.63) is 95.7 Å². The second-order valence-electron chi connectivity index (χ2n) is 13.3. The van der Waals surface area contributed by atoms with Gasteiger partial charge in [-0.2, -0.15) is 4.58 Å². The molecular weight excluding hydrogens is 609 g/mol. The van der Waals surface area contributed by atoms with Crippen LogP contribution in [0.4, 0.5) is 11.4 Å². The number of anilines is 1. The molecule has 2 aliphatic heterocycles. The van der Waals surface area contributed by atoms with Gasteiger partial charge < -0.3 is 24.4 Å². The van der Waals surface area contributed by atoms with E-state index in [0.717, 1.165) is 39.0 Å². The van der Waals surface area contributed by atoms with Crippen molar-refractivity contribution in [1.82, 2.24) is 5.32 Å². The monoisotopic (exact) mass is 662 g/mol. The highest BCUT2D eigenvalue weighted by Gasteiger charge is 2.43. The first-order chi connectivity index (χ1) is 22.4. The Kier molecular flexibility index (Phi) is 12.6. The van der Waals surface area contributed by atoms with E-state index in [1.165, 1.54) is 33.9 Å². The number of allylic oxidation sites excluding steroid dienone is 6. The molecule has 2 aromatic rings. The number of carbonyl (C=O) groups is 1. The number of unbranched alkanes of at least 4 members (excludes halogenated alkanes) is 2. The third-order valence-corrected chi connectivity index (χ3v) is 9.72. The summed E-state index contributed by atoms with van der Waals surface area (Å²) in [4.78, 5) is 23.8. The van der Waals surface area contributed by atoms with Crippen LogP contribution in [0.25, 0.3) is 0 Å². The number of likely N-dealkylation sites (N-methyl/N-ethyl adjacent to an activating group) is 1. The summed E-state index contributed by atoms with van der Waals surface area (Å²) in [6.07, 6.45) is 14.2. The number of hydrogen-bond acceptors (Lipinski definition) is 5. The summed E-state index contributed by atoms with van der Waals surface area (Å²) in [5, 5.41) is 2.87. The molecule has 0 bridgehead atoms. The lowest BCUT2D eigenvalue weighted by Crippen LogP contribution is -2.28. The summed E-state index contributed by atoms with van der Waals surface area (Å²) in [7, 11) is -3.48. The van der Waals surface area contributed by atoms with Gasteiger partial charge in [0, 0.05) is 67.1 Å². The van der Waals surface area contributed by atoms with E-state index in [1.54, 1.807) is 0 Å². The quantitative estimate of drug-likeness (QED) is 0.0794. The zero-order valence-corrected chi connectivity index (χ0v) is 29.9. The van der Waals surface area contributed by atoms with Crippen molar-refractivity contribution < 1.29 is 28.1 Å². The topological polar surface area (TPSA) is 91.1 Å². The number of para-hydroxylation sites is 2. The lowest BCUT2D eigenvalue weighted by Gasteiger charge is -2.25. The van der Waals surface area contributed by atoms with E-state index in [2.05, 4.69) is 128 Å². The van der Waals surface area contributed by atoms with Gasteiger partial charge in [0.1, 0.15) is 6.54 Å². The van der Waals surface area contributed by atoms with Crippen LogP contribution in [0.5, 0.6) is 0 Å². The number of hydrogen-bond donors (Lipinski definition) is 2. The van der Waals surface area contributed by atoms with Crippen LogP contribution in [0.1, 0.15) is 71.4 Å². The van der Waals surface area contributed by atoms with Gasteiger partial charge in [0.2, 0.25) is 11.6 Å². The highest BCUT2D eigenvalue weighted by molar-refractivity contribution is 7.51. The van der Waals surface area contributed by atoms with Gasteiger partial charge in [-0.15, -0.1) is 0 Å². The molecule has 0 aliphatic carbocycles. The summed E-state index contributed by atoms with van der Waals surface area (Å²) in [5.74, 6) is 0.00906. The maximum atomic E-state index is 12.3. The molecule has 0 saturated carbocycles. The highest BCUT2D eigenvalue weighted by atomic mass is 31.2. The Balaban J connectivity index is 1.32. The van der Waals surface area contributed by atoms with E-state index in [0.29, 0.717) is 19.6 Å². The molecule has 2 aromatic carbocycles. The number of nitrogens with one attached hydrogen (secondary N) is 1. The van der Waals surface area contributed by atoms with Crippen molar-refractivity contribution in [3.8, 4) is 0 Å². The summed E-state index contributed by atoms with van der Waals surface area (Å²) in [6, 6.07) is 17.4. The standard InChI is InChI=1S/C38H52N3O5P/c1-7-40-32-20-15-13-18-30(32)37(2,3)34(40)22-10-8-11-23-35-38(4,5)31-19-14-16-21-33(31)41(35)26-17-9-12-24-36(42)39-25-27-45-28-29-46-47(6,43)44/h8,10-11,13-16,18-23H,7,9,12,17,24-29H2,1-6H3,(H-,39,42,43,44)/p+1. The molecule has 2 aliphatic rings. The molecule has 2 heterocycles. The smallest absolute Gasteiger partial charge is 0.325 e. The molecule has 0 fully saturated rings. The van der Waals surface area contributed by atoms with Crippen molar-refractivity contribution >= 4 is 30.6 Å². The molecule has 47 heavy (non-hydrogen) atoms. The molecule has 0 spiro atoms. The van der Waals surface area contributed by atoms with Crippen LogP contribution < -0.4 is 10.2 Å². The first-order valence-electron chi connectivity index (χ1n) is 16.8. The number of nitrogens with zero attached hydrogens (tertiary/aromatic N) is 2. The maximum absolute atomic E-state index is 12.3. The Hall–Kier alpha value is -3.29. The molecule has 2 N–H and O–H groups in total. The highest BCUT2D eigenvalue weighted by Crippen LogP contribution is 2.47. The van der Waals surface area contributed by atoms with E-state index in [4.69, 9.17) is 14.2 Å². The van der Waals surface area contributed by atoms with Crippen molar-refractivity contribution in [2.45, 2.75) is 71.1 Å². The van der Waals surface area contributed by atoms with Crippen LogP contribution in [0.15, 0.2) is 84.6 Å². The average Bonchev–Trinajstić information content (AvgIpc) is 3.38. The van der Waals surface area contributed by atoms with Crippen LogP contribution in [0, 0.1) is 0 Å². The Morgan fingerprint density at radius 1 is 0.936 bits per heavy atom. The minimum atomic E-state index is -3.48. The van der Waals surface area contributed by atoms with E-state index in [1.807, 2.05) is 0 Å². The summed E-state index contributed by atoms with van der Waals surface area (Å²) >= 11 is 0. The van der Waals surface area contributed by atoms with Gasteiger partial charge in [0.15, 0.2) is 5.71 Å². The minimum Gasteiger partial charge on any atom is -0.377 e. The molecular formula is C38H53N3O5P+. The first-order valence-corrected chi connectivity index (χ1v) is 18.9. The fraction of sp³-hybridized carbons (Fsp3) is 0.474. The van der Waals surface area contributed by atoms with Crippen LogP contribution >= 0.6 is 7.60 Å². The molecule has 0 aromatic heterocycles. The third-order valence-electron chi connectivity index (χ3n) is 9.06. The summed E-state index contributed by atoms with van der Waals surface area (Å²) in [5.41, 5.74) is 7.71. The van der Waals surface area contributed by atoms with E-state index >= 15 is 0 Å². The molecule has 0 radical (unpaired) electrons. The van der Waals surface area contributed by atoms with Crippen molar-refractivity contribution in [1.29, 1.82) is 0 Å². The molecule has 1 atom stereocenters. The number of rotatable bonds is 17. The van der Waals surface area contributed by atoms with Crippen LogP contribution in [0.3, 0.4) is 0 Å². The maximum Gasteiger partial charge on any atom is 0.325 e. The zero-order chi connectivity index (χ0) is 34.1. The fourth-order valence-electron chi connectivity index (χ4n) is 6.67. The van der Waals surface area contributed by atoms with Crippen LogP contribution in [0.2, 0.25) is 0 Å². The minimum absolute atomic E-state index is 0.00906. The Labute approximate surface area is 281 Å². The molecule has 254 valence electrons. The molecule has 4 rings (SSSR count). The number of amides is 1. The van der Waals surface area contributed by atoms with Gasteiger partial charge in [-0.25, -0.2) is 0 Å². The number of fused-ring (bicyclic) bond motifs is 2. The average molecular weight is 663 g/mol. The number of carbonyl (C=O) groups excluding carboxylic acids is 1. The SMILES string of the molecule is CCN1C(=CC=CC=CC2=[N+](CCCCCC(=O)NCCOCCOP(C)(=O)O)c3ccccc3C2(C)C)C(C)(C)c2ccccc21. The number of benzene rings is 2. The predicted molar refractivity (Wildman–Crippen MR) is 192 cm³/mol. The Morgan fingerprint density at radius 3 is 2.40 bits per heavy atom. The summed E-state index contributed by atoms with van der Waals surface area (Å²) < 4.78 is 23.6. The molecule has 1 unspecified atom stereocenters. The van der Waals surface area contributed by atoms with E-state index in [-0.39, 0.29) is 30.0 Å². The van der Waals surface area contributed by atoms with E-state index < -0.39 is 7.60 Å². The van der Waals surface area contributed by atoms with Gasteiger partial charge in [-0.1, -0.05) is 68.5 Å². The second kappa shape index (κ2) is 16.2. The molecule has 9 heteroatoms. The lowest BCUT2D eigenvalue weighted by atomic mass is 9.81. The van der Waals surface area contributed by atoms with E-state index in [9.17, 15) is 9.36 Å². The van der Waals surface area contributed by atoms with Crippen LogP contribution in [-0.2, 0) is 29.5 Å². The fourth-order valence-corrected chi connectivity index (χ4v) is 7.09. The molecule has 8 nitrogen and oxygen atoms in total. The van der Waals surface area contributed by atoms with Gasteiger partial charge in [-0.3, -0.25) is 9.36 Å². The normalized spacial score (nSPS) is 18.7. The Morgan fingerprint density at radius 2 is 1.66 bits per heavy atom. The second-order valence-corrected chi connectivity index (χ2v) is 15.1. The zero-order valence-electron chi connectivity index (χ0n) is 29.0. The van der Waals surface area contributed by atoms with Gasteiger partial charge >= 0.3 is 7.60 Å². The largest absolute Gasteiger partial charge is 0.377 e. The van der Waals surface area contributed by atoms with Crippen molar-refractivity contribution in [3.63, 3.8) is 0 Å². The van der Waals surface area contributed by atoms with Crippen molar-refractivity contribution in [2.75, 3.05) is 51.0 Å².